The molecule has 0 aromatic heterocycles. The number of benzene rings is 1. The van der Waals surface area contributed by atoms with Gasteiger partial charge in [0.1, 0.15) is 0 Å². The van der Waals surface area contributed by atoms with Crippen LogP contribution in [-0.2, 0) is 0 Å². The Morgan fingerprint density at radius 3 is 2.14 bits per heavy atom. The van der Waals surface area contributed by atoms with Crippen molar-refractivity contribution < 1.29 is 4.92 Å². The molecule has 0 saturated heterocycles. The quantitative estimate of drug-likeness (QED) is 0.591. The van der Waals surface area contributed by atoms with E-state index in [4.69, 9.17) is 5.73 Å². The first kappa shape index (κ1) is 10.7. The maximum atomic E-state index is 10.4. The fourth-order valence-corrected chi connectivity index (χ4v) is 1.20. The van der Waals surface area contributed by atoms with Gasteiger partial charge >= 0.3 is 0 Å². The summed E-state index contributed by atoms with van der Waals surface area (Å²) in [6.45, 7) is 3.93. The van der Waals surface area contributed by atoms with Gasteiger partial charge < -0.3 is 5.73 Å². The van der Waals surface area contributed by atoms with Crippen molar-refractivity contribution in [1.29, 1.82) is 0 Å². The van der Waals surface area contributed by atoms with Crippen LogP contribution in [0.15, 0.2) is 24.3 Å². The number of nitrogens with two attached hydrogens (primary N) is 1. The summed E-state index contributed by atoms with van der Waals surface area (Å²) in [5, 5.41) is 10.4. The fourth-order valence-electron chi connectivity index (χ4n) is 1.20. The summed E-state index contributed by atoms with van der Waals surface area (Å²) in [5.74, 6) is 0.218. The molecule has 0 aliphatic rings. The van der Waals surface area contributed by atoms with Crippen LogP contribution >= 0.6 is 0 Å². The lowest BCUT2D eigenvalue weighted by Crippen LogP contribution is -2.22. The van der Waals surface area contributed by atoms with Crippen LogP contribution in [0.1, 0.15) is 25.3 Å². The number of hydrogen-bond acceptors (Lipinski definition) is 3. The minimum Gasteiger partial charge on any atom is -0.327 e. The predicted molar refractivity (Wildman–Crippen MR) is 55.2 cm³/mol. The van der Waals surface area contributed by atoms with Crippen molar-refractivity contribution >= 4 is 5.69 Å². The Morgan fingerprint density at radius 1 is 1.29 bits per heavy atom. The van der Waals surface area contributed by atoms with Crippen LogP contribution in [0, 0.1) is 10.1 Å². The normalized spacial score (nSPS) is 14.8. The molecule has 1 aromatic carbocycles. The molecule has 0 fully saturated rings. The van der Waals surface area contributed by atoms with Gasteiger partial charge in [-0.05, 0) is 18.4 Å². The van der Waals surface area contributed by atoms with Crippen LogP contribution in [0.4, 0.5) is 5.69 Å². The van der Waals surface area contributed by atoms with Crippen LogP contribution in [-0.4, -0.2) is 11.0 Å². The van der Waals surface area contributed by atoms with Gasteiger partial charge in [-0.15, -0.1) is 0 Å². The maximum absolute atomic E-state index is 10.4. The first-order valence-corrected chi connectivity index (χ1v) is 4.52. The van der Waals surface area contributed by atoms with Crippen molar-refractivity contribution in [2.24, 2.45) is 5.73 Å². The van der Waals surface area contributed by atoms with Gasteiger partial charge in [0.15, 0.2) is 0 Å². The Kier molecular flexibility index (Phi) is 3.19. The molecular weight excluding hydrogens is 180 g/mol. The van der Waals surface area contributed by atoms with Crippen LogP contribution < -0.4 is 5.73 Å². The third kappa shape index (κ3) is 2.29. The number of non-ortho nitro benzene ring substituents is 1. The molecular formula is C10H14N2O2. The molecule has 4 heteroatoms. The van der Waals surface area contributed by atoms with Crippen molar-refractivity contribution in [3.63, 3.8) is 0 Å². The third-order valence-corrected chi connectivity index (χ3v) is 2.42. The summed E-state index contributed by atoms with van der Waals surface area (Å²) in [7, 11) is 0. The standard InChI is InChI=1S/C10H14N2O2/c1-7(8(2)11)9-3-5-10(6-4-9)12(13)14/h3-8H,11H2,1-2H3. The summed E-state index contributed by atoms with van der Waals surface area (Å²) in [6, 6.07) is 6.58. The molecule has 0 bridgehead atoms. The summed E-state index contributed by atoms with van der Waals surface area (Å²) >= 11 is 0. The van der Waals surface area contributed by atoms with Gasteiger partial charge in [0.2, 0.25) is 0 Å². The highest BCUT2D eigenvalue weighted by molar-refractivity contribution is 5.34. The average molecular weight is 194 g/mol. The third-order valence-electron chi connectivity index (χ3n) is 2.42. The Labute approximate surface area is 82.9 Å². The van der Waals surface area contributed by atoms with Crippen molar-refractivity contribution in [3.05, 3.63) is 39.9 Å². The minimum absolute atomic E-state index is 0.0523. The largest absolute Gasteiger partial charge is 0.327 e. The number of nitro benzene ring substituents is 1. The first-order valence-electron chi connectivity index (χ1n) is 4.52. The van der Waals surface area contributed by atoms with E-state index in [1.54, 1.807) is 12.1 Å². The molecule has 0 spiro atoms. The van der Waals surface area contributed by atoms with Crippen LogP contribution in [0.2, 0.25) is 0 Å². The molecule has 0 saturated carbocycles. The fraction of sp³-hybridized carbons (Fsp3) is 0.400. The number of rotatable bonds is 3. The van der Waals surface area contributed by atoms with Gasteiger partial charge in [-0.1, -0.05) is 19.1 Å². The smallest absolute Gasteiger partial charge is 0.269 e. The van der Waals surface area contributed by atoms with E-state index in [0.717, 1.165) is 5.56 Å². The highest BCUT2D eigenvalue weighted by Crippen LogP contribution is 2.20. The Hall–Kier alpha value is -1.42. The number of nitrogens with zero attached hydrogens (tertiary/aromatic N) is 1. The molecule has 2 atom stereocenters. The van der Waals surface area contributed by atoms with Gasteiger partial charge in [0.05, 0.1) is 4.92 Å². The lowest BCUT2D eigenvalue weighted by Gasteiger charge is -2.15. The lowest BCUT2D eigenvalue weighted by atomic mass is 9.95. The second-order valence-electron chi connectivity index (χ2n) is 3.50. The van der Waals surface area contributed by atoms with Crippen LogP contribution in [0.25, 0.3) is 0 Å². The van der Waals surface area contributed by atoms with Crippen molar-refractivity contribution in [2.45, 2.75) is 25.8 Å². The average Bonchev–Trinajstić information content (AvgIpc) is 2.16. The highest BCUT2D eigenvalue weighted by Gasteiger charge is 2.11. The molecule has 0 aliphatic carbocycles. The van der Waals surface area contributed by atoms with Crippen LogP contribution in [0.5, 0.6) is 0 Å². The van der Waals surface area contributed by atoms with Gasteiger partial charge in [-0.25, -0.2) is 0 Å². The number of hydrogen-bond donors (Lipinski definition) is 1. The van der Waals surface area contributed by atoms with E-state index < -0.39 is 4.92 Å². The maximum Gasteiger partial charge on any atom is 0.269 e. The van der Waals surface area contributed by atoms with Crippen molar-refractivity contribution in [3.8, 4) is 0 Å². The molecule has 2 N–H and O–H groups in total. The van der Waals surface area contributed by atoms with Gasteiger partial charge in [0, 0.05) is 18.2 Å². The van der Waals surface area contributed by atoms with E-state index in [2.05, 4.69) is 0 Å². The van der Waals surface area contributed by atoms with Gasteiger partial charge in [-0.3, -0.25) is 10.1 Å². The highest BCUT2D eigenvalue weighted by atomic mass is 16.6. The lowest BCUT2D eigenvalue weighted by molar-refractivity contribution is -0.384. The molecule has 1 aromatic rings. The summed E-state index contributed by atoms with van der Waals surface area (Å²) in [5.41, 5.74) is 6.88. The zero-order valence-electron chi connectivity index (χ0n) is 8.31. The Bertz CT molecular complexity index is 319. The molecule has 0 heterocycles. The molecule has 1 rings (SSSR count). The molecule has 2 unspecified atom stereocenters. The van der Waals surface area contributed by atoms with E-state index in [1.807, 2.05) is 13.8 Å². The summed E-state index contributed by atoms with van der Waals surface area (Å²) < 4.78 is 0. The van der Waals surface area contributed by atoms with Crippen LogP contribution in [0.3, 0.4) is 0 Å². The minimum atomic E-state index is -0.402. The topological polar surface area (TPSA) is 69.2 Å². The Morgan fingerprint density at radius 2 is 1.79 bits per heavy atom. The monoisotopic (exact) mass is 194 g/mol. The SMILES string of the molecule is CC(N)C(C)c1ccc([N+](=O)[O-])cc1. The van der Waals surface area contributed by atoms with Crippen molar-refractivity contribution in [1.82, 2.24) is 0 Å². The van der Waals surface area contributed by atoms with E-state index in [-0.39, 0.29) is 17.6 Å². The summed E-state index contributed by atoms with van der Waals surface area (Å²) in [6.07, 6.45) is 0. The first-order chi connectivity index (χ1) is 6.52. The Balaban J connectivity index is 2.88. The van der Waals surface area contributed by atoms with Gasteiger partial charge in [-0.2, -0.15) is 0 Å². The van der Waals surface area contributed by atoms with Gasteiger partial charge in [0.25, 0.3) is 5.69 Å². The molecule has 0 aliphatic heterocycles. The van der Waals surface area contributed by atoms with E-state index in [0.29, 0.717) is 0 Å². The number of nitro groups is 1. The van der Waals surface area contributed by atoms with E-state index in [9.17, 15) is 10.1 Å². The second kappa shape index (κ2) is 4.19. The zero-order chi connectivity index (χ0) is 10.7. The molecule has 14 heavy (non-hydrogen) atoms. The van der Waals surface area contributed by atoms with E-state index in [1.165, 1.54) is 12.1 Å². The molecule has 0 radical (unpaired) electrons. The molecule has 0 amide bonds. The predicted octanol–water partition coefficient (Wildman–Crippen LogP) is 2.05. The molecule has 76 valence electrons. The summed E-state index contributed by atoms with van der Waals surface area (Å²) in [4.78, 5) is 9.99. The zero-order valence-corrected chi connectivity index (χ0v) is 8.31. The van der Waals surface area contributed by atoms with Crippen molar-refractivity contribution in [2.75, 3.05) is 0 Å². The second-order valence-corrected chi connectivity index (χ2v) is 3.50. The van der Waals surface area contributed by atoms with E-state index >= 15 is 0 Å². The molecule has 4 nitrogen and oxygen atoms in total.